The van der Waals surface area contributed by atoms with Gasteiger partial charge in [0.05, 0.1) is 6.04 Å². The third kappa shape index (κ3) is 2.77. The Kier molecular flexibility index (Phi) is 3.66. The first-order chi connectivity index (χ1) is 11.3. The van der Waals surface area contributed by atoms with Crippen molar-refractivity contribution < 1.29 is 4.39 Å². The molecular weight excluding hydrogens is 289 g/mol. The highest BCUT2D eigenvalue weighted by atomic mass is 19.1. The fourth-order valence-corrected chi connectivity index (χ4v) is 3.34. The monoisotopic (exact) mass is 307 g/mol. The average molecular weight is 307 g/mol. The number of fused-ring (bicyclic) bond motifs is 1. The number of pyridine rings is 1. The average Bonchev–Trinajstić information content (AvgIpc) is 2.98. The standard InChI is InChI=1S/C19H18FN3/c20-16-5-6-17-15(12-23-18(17)10-16)9-13-3-2-8-22-19(13)14-4-1-7-21-11-14/h1,4-7,9-12,17-18,22H,2-3,8H2. The van der Waals surface area contributed by atoms with Crippen molar-refractivity contribution in [2.45, 2.75) is 18.9 Å². The Bertz CT molecular complexity index is 756. The predicted molar refractivity (Wildman–Crippen MR) is 90.6 cm³/mol. The molecule has 3 nitrogen and oxygen atoms in total. The summed E-state index contributed by atoms with van der Waals surface area (Å²) in [6.45, 7) is 0.977. The van der Waals surface area contributed by atoms with E-state index in [0.29, 0.717) is 0 Å². The van der Waals surface area contributed by atoms with Crippen LogP contribution in [-0.4, -0.2) is 23.8 Å². The van der Waals surface area contributed by atoms with Gasteiger partial charge in [-0.25, -0.2) is 4.39 Å². The quantitative estimate of drug-likeness (QED) is 0.906. The van der Waals surface area contributed by atoms with Gasteiger partial charge in [-0.1, -0.05) is 12.2 Å². The first kappa shape index (κ1) is 14.1. The first-order valence-corrected chi connectivity index (χ1v) is 7.99. The number of allylic oxidation sites excluding steroid dienone is 4. The summed E-state index contributed by atoms with van der Waals surface area (Å²) < 4.78 is 13.3. The van der Waals surface area contributed by atoms with Gasteiger partial charge in [0.25, 0.3) is 0 Å². The second kappa shape index (κ2) is 5.95. The molecule has 0 saturated heterocycles. The van der Waals surface area contributed by atoms with Gasteiger partial charge < -0.3 is 5.32 Å². The molecule has 23 heavy (non-hydrogen) atoms. The molecular formula is C19H18FN3. The van der Waals surface area contributed by atoms with Gasteiger partial charge in [-0.05, 0) is 48.3 Å². The van der Waals surface area contributed by atoms with E-state index in [1.165, 1.54) is 5.57 Å². The summed E-state index contributed by atoms with van der Waals surface area (Å²) in [4.78, 5) is 8.65. The largest absolute Gasteiger partial charge is 0.384 e. The molecule has 0 fully saturated rings. The van der Waals surface area contributed by atoms with Crippen molar-refractivity contribution in [1.82, 2.24) is 10.3 Å². The summed E-state index contributed by atoms with van der Waals surface area (Å²) >= 11 is 0. The number of nitrogens with zero attached hydrogens (tertiary/aromatic N) is 2. The van der Waals surface area contributed by atoms with E-state index >= 15 is 0 Å². The molecule has 1 aliphatic carbocycles. The maximum Gasteiger partial charge on any atom is 0.121 e. The Morgan fingerprint density at radius 2 is 2.30 bits per heavy atom. The lowest BCUT2D eigenvalue weighted by atomic mass is 9.88. The molecule has 0 bridgehead atoms. The van der Waals surface area contributed by atoms with Crippen LogP contribution in [0.3, 0.4) is 0 Å². The van der Waals surface area contributed by atoms with Crippen molar-refractivity contribution in [3.8, 4) is 0 Å². The number of aliphatic imine (C=N–C) groups is 1. The molecule has 1 aromatic heterocycles. The van der Waals surface area contributed by atoms with E-state index in [1.54, 1.807) is 18.3 Å². The Morgan fingerprint density at radius 1 is 1.35 bits per heavy atom. The number of aromatic nitrogens is 1. The van der Waals surface area contributed by atoms with E-state index in [9.17, 15) is 4.39 Å². The van der Waals surface area contributed by atoms with Crippen LogP contribution in [0.2, 0.25) is 0 Å². The van der Waals surface area contributed by atoms with Crippen LogP contribution in [0.15, 0.2) is 70.8 Å². The molecule has 0 saturated carbocycles. The maximum absolute atomic E-state index is 13.3. The molecule has 2 atom stereocenters. The zero-order valence-corrected chi connectivity index (χ0v) is 12.7. The molecule has 116 valence electrons. The van der Waals surface area contributed by atoms with E-state index in [0.717, 1.165) is 36.2 Å². The van der Waals surface area contributed by atoms with Gasteiger partial charge in [0, 0.05) is 42.3 Å². The summed E-state index contributed by atoms with van der Waals surface area (Å²) in [5.74, 6) is -0.0432. The van der Waals surface area contributed by atoms with Crippen molar-refractivity contribution in [3.63, 3.8) is 0 Å². The van der Waals surface area contributed by atoms with E-state index in [1.807, 2.05) is 24.6 Å². The number of nitrogens with one attached hydrogen (secondary N) is 1. The molecule has 1 aromatic rings. The van der Waals surface area contributed by atoms with E-state index in [4.69, 9.17) is 0 Å². The van der Waals surface area contributed by atoms with Crippen molar-refractivity contribution in [2.75, 3.05) is 6.54 Å². The van der Waals surface area contributed by atoms with Crippen molar-refractivity contribution in [2.24, 2.45) is 10.9 Å². The van der Waals surface area contributed by atoms with Crippen LogP contribution in [-0.2, 0) is 0 Å². The molecule has 0 spiro atoms. The van der Waals surface area contributed by atoms with E-state index < -0.39 is 0 Å². The number of hydrogen-bond acceptors (Lipinski definition) is 3. The molecule has 0 aromatic carbocycles. The normalized spacial score (nSPS) is 27.9. The molecule has 2 unspecified atom stereocenters. The highest BCUT2D eigenvalue weighted by molar-refractivity contribution is 5.85. The Morgan fingerprint density at radius 3 is 3.17 bits per heavy atom. The summed E-state index contributed by atoms with van der Waals surface area (Å²) in [6, 6.07) is 3.93. The minimum atomic E-state index is -0.195. The van der Waals surface area contributed by atoms with Crippen LogP contribution in [0.4, 0.5) is 4.39 Å². The first-order valence-electron chi connectivity index (χ1n) is 7.99. The lowest BCUT2D eigenvalue weighted by Gasteiger charge is -2.22. The molecule has 4 heteroatoms. The molecule has 2 aliphatic heterocycles. The van der Waals surface area contributed by atoms with Gasteiger partial charge in [-0.15, -0.1) is 0 Å². The van der Waals surface area contributed by atoms with Gasteiger partial charge in [0.2, 0.25) is 0 Å². The third-order valence-corrected chi connectivity index (χ3v) is 4.48. The van der Waals surface area contributed by atoms with Crippen LogP contribution >= 0.6 is 0 Å². The van der Waals surface area contributed by atoms with Crippen LogP contribution in [0, 0.1) is 5.92 Å². The van der Waals surface area contributed by atoms with Crippen LogP contribution < -0.4 is 5.32 Å². The minimum absolute atomic E-state index is 0.0924. The van der Waals surface area contributed by atoms with Crippen LogP contribution in [0.5, 0.6) is 0 Å². The maximum atomic E-state index is 13.3. The highest BCUT2D eigenvalue weighted by Gasteiger charge is 2.28. The molecule has 0 amide bonds. The molecule has 4 rings (SSSR count). The minimum Gasteiger partial charge on any atom is -0.384 e. The van der Waals surface area contributed by atoms with Crippen LogP contribution in [0.25, 0.3) is 5.70 Å². The smallest absolute Gasteiger partial charge is 0.121 e. The molecule has 1 N–H and O–H groups in total. The van der Waals surface area contributed by atoms with Gasteiger partial charge in [-0.2, -0.15) is 0 Å². The Balaban J connectivity index is 1.70. The lowest BCUT2D eigenvalue weighted by Crippen LogP contribution is -2.21. The van der Waals surface area contributed by atoms with Crippen molar-refractivity contribution in [1.29, 1.82) is 0 Å². The van der Waals surface area contributed by atoms with E-state index in [-0.39, 0.29) is 17.8 Å². The summed E-state index contributed by atoms with van der Waals surface area (Å²) in [7, 11) is 0. The topological polar surface area (TPSA) is 37.3 Å². The molecule has 3 heterocycles. The SMILES string of the molecule is FC1=CC2N=CC(=CC3=C(c4cccnc4)NCCC3)C2C=C1. The second-order valence-corrected chi connectivity index (χ2v) is 6.02. The zero-order valence-electron chi connectivity index (χ0n) is 12.7. The summed E-state index contributed by atoms with van der Waals surface area (Å²) in [5, 5.41) is 3.50. The van der Waals surface area contributed by atoms with Gasteiger partial charge in [0.15, 0.2) is 0 Å². The number of rotatable bonds is 2. The Labute approximate surface area is 135 Å². The lowest BCUT2D eigenvalue weighted by molar-refractivity contribution is 0.611. The summed E-state index contributed by atoms with van der Waals surface area (Å²) in [6.07, 6.45) is 15.0. The zero-order chi connectivity index (χ0) is 15.6. The second-order valence-electron chi connectivity index (χ2n) is 6.02. The fourth-order valence-electron chi connectivity index (χ4n) is 3.34. The van der Waals surface area contributed by atoms with Crippen molar-refractivity contribution >= 4 is 11.9 Å². The van der Waals surface area contributed by atoms with Gasteiger partial charge in [0.1, 0.15) is 5.83 Å². The molecule has 3 aliphatic rings. The van der Waals surface area contributed by atoms with Crippen LogP contribution in [0.1, 0.15) is 18.4 Å². The van der Waals surface area contributed by atoms with Gasteiger partial charge >= 0.3 is 0 Å². The van der Waals surface area contributed by atoms with E-state index in [2.05, 4.69) is 27.4 Å². The highest BCUT2D eigenvalue weighted by Crippen LogP contribution is 2.33. The molecule has 0 radical (unpaired) electrons. The summed E-state index contributed by atoms with van der Waals surface area (Å²) in [5.41, 5.74) is 4.68. The predicted octanol–water partition coefficient (Wildman–Crippen LogP) is 3.59. The van der Waals surface area contributed by atoms with Crippen molar-refractivity contribution in [3.05, 3.63) is 71.4 Å². The third-order valence-electron chi connectivity index (χ3n) is 4.48. The number of halogens is 1. The fraction of sp³-hybridized carbons (Fsp3) is 0.263. The Hall–Kier alpha value is -2.49. The van der Waals surface area contributed by atoms with Gasteiger partial charge in [-0.3, -0.25) is 9.98 Å². The number of hydrogen-bond donors (Lipinski definition) is 1.